The molecule has 0 N–H and O–H groups in total. The second-order valence-corrected chi connectivity index (χ2v) is 9.90. The van der Waals surface area contributed by atoms with Crippen LogP contribution >= 0.6 is 0 Å². The summed E-state index contributed by atoms with van der Waals surface area (Å²) in [7, 11) is -6.53. The normalized spacial score (nSPS) is 16.8. The maximum absolute atomic E-state index is 13.9. The highest BCUT2D eigenvalue weighted by atomic mass is 32.2. The molecule has 1 aliphatic rings. The number of benzene rings is 2. The molecule has 1 aliphatic heterocycles. The van der Waals surface area contributed by atoms with Gasteiger partial charge in [0.05, 0.1) is 12.0 Å². The molecule has 2 aromatic rings. The fourth-order valence-electron chi connectivity index (χ4n) is 2.87. The van der Waals surface area contributed by atoms with Crippen molar-refractivity contribution in [2.45, 2.75) is 9.79 Å². The number of piperazine rings is 1. The van der Waals surface area contributed by atoms with Crippen LogP contribution in [0.5, 0.6) is 5.75 Å². The van der Waals surface area contributed by atoms with Crippen LogP contribution in [0.2, 0.25) is 0 Å². The van der Waals surface area contributed by atoms with Gasteiger partial charge in [-0.3, -0.25) is 0 Å². The molecule has 0 atom stereocenters. The van der Waals surface area contributed by atoms with Crippen LogP contribution in [-0.4, -0.2) is 58.7 Å². The monoisotopic (exact) mass is 432 g/mol. The summed E-state index contributed by atoms with van der Waals surface area (Å²) in [6, 6.07) is 8.07. The van der Waals surface area contributed by atoms with Crippen molar-refractivity contribution in [1.29, 1.82) is 0 Å². The predicted molar refractivity (Wildman–Crippen MR) is 96.9 cm³/mol. The Bertz CT molecular complexity index is 1070. The molecular formula is C17H18F2N2O5S2. The minimum absolute atomic E-state index is 0.0641. The number of rotatable bonds is 5. The van der Waals surface area contributed by atoms with E-state index in [0.717, 1.165) is 16.4 Å². The topological polar surface area (TPSA) is 84.0 Å². The van der Waals surface area contributed by atoms with E-state index in [-0.39, 0.29) is 31.1 Å². The second-order valence-electron chi connectivity index (χ2n) is 6.06. The number of sulfonamides is 2. The lowest BCUT2D eigenvalue weighted by Crippen LogP contribution is -2.50. The summed E-state index contributed by atoms with van der Waals surface area (Å²) in [5.41, 5.74) is 0. The van der Waals surface area contributed by atoms with Crippen LogP contribution in [0, 0.1) is 11.6 Å². The van der Waals surface area contributed by atoms with Gasteiger partial charge in [0, 0.05) is 32.2 Å². The lowest BCUT2D eigenvalue weighted by molar-refractivity contribution is 0.272. The first kappa shape index (κ1) is 20.6. The maximum Gasteiger partial charge on any atom is 0.246 e. The molecule has 2 aromatic carbocycles. The maximum atomic E-state index is 13.9. The Hall–Kier alpha value is -2.08. The molecule has 0 unspecified atom stereocenters. The van der Waals surface area contributed by atoms with E-state index in [2.05, 4.69) is 0 Å². The van der Waals surface area contributed by atoms with Crippen LogP contribution in [0.25, 0.3) is 0 Å². The van der Waals surface area contributed by atoms with E-state index >= 15 is 0 Å². The zero-order valence-corrected chi connectivity index (χ0v) is 16.5. The zero-order valence-electron chi connectivity index (χ0n) is 14.9. The Morgan fingerprint density at radius 1 is 0.821 bits per heavy atom. The fraction of sp³-hybridized carbons (Fsp3) is 0.294. The van der Waals surface area contributed by atoms with Gasteiger partial charge in [-0.15, -0.1) is 0 Å². The number of hydrogen-bond donors (Lipinski definition) is 0. The number of methoxy groups -OCH3 is 1. The van der Waals surface area contributed by atoms with Crippen LogP contribution < -0.4 is 4.74 Å². The molecule has 0 spiro atoms. The van der Waals surface area contributed by atoms with Gasteiger partial charge in [-0.25, -0.2) is 25.6 Å². The van der Waals surface area contributed by atoms with Crippen molar-refractivity contribution >= 4 is 20.0 Å². The summed E-state index contributed by atoms with van der Waals surface area (Å²) in [4.78, 5) is -0.574. The van der Waals surface area contributed by atoms with E-state index in [9.17, 15) is 25.6 Å². The highest BCUT2D eigenvalue weighted by molar-refractivity contribution is 7.89. The molecule has 0 aliphatic carbocycles. The van der Waals surface area contributed by atoms with E-state index in [1.165, 1.54) is 35.7 Å². The second kappa shape index (κ2) is 7.74. The molecule has 152 valence electrons. The van der Waals surface area contributed by atoms with Crippen molar-refractivity contribution in [2.24, 2.45) is 0 Å². The van der Waals surface area contributed by atoms with Crippen molar-refractivity contribution in [3.8, 4) is 5.75 Å². The first-order chi connectivity index (χ1) is 13.2. The summed E-state index contributed by atoms with van der Waals surface area (Å²) in [6.45, 7) is -0.462. The van der Waals surface area contributed by atoms with Gasteiger partial charge >= 0.3 is 0 Å². The Morgan fingerprint density at radius 2 is 1.36 bits per heavy atom. The average molecular weight is 432 g/mol. The molecule has 3 rings (SSSR count). The molecule has 0 bridgehead atoms. The summed E-state index contributed by atoms with van der Waals surface area (Å²) in [5, 5.41) is 0. The van der Waals surface area contributed by atoms with Gasteiger partial charge in [-0.2, -0.15) is 8.61 Å². The zero-order chi connectivity index (χ0) is 20.5. The van der Waals surface area contributed by atoms with E-state index in [1.54, 1.807) is 0 Å². The van der Waals surface area contributed by atoms with E-state index in [1.807, 2.05) is 0 Å². The van der Waals surface area contributed by atoms with Crippen molar-refractivity contribution in [2.75, 3.05) is 33.3 Å². The molecule has 7 nitrogen and oxygen atoms in total. The molecule has 0 amide bonds. The van der Waals surface area contributed by atoms with Gasteiger partial charge in [0.2, 0.25) is 20.0 Å². The quantitative estimate of drug-likeness (QED) is 0.718. The summed E-state index contributed by atoms with van der Waals surface area (Å²) >= 11 is 0. The summed E-state index contributed by atoms with van der Waals surface area (Å²) < 4.78 is 84.7. The highest BCUT2D eigenvalue weighted by Gasteiger charge is 2.35. The lowest BCUT2D eigenvalue weighted by Gasteiger charge is -2.33. The number of halogens is 2. The summed E-state index contributed by atoms with van der Waals surface area (Å²) in [6.07, 6.45) is 0. The van der Waals surface area contributed by atoms with Crippen LogP contribution in [0.1, 0.15) is 0 Å². The van der Waals surface area contributed by atoms with Crippen molar-refractivity contribution < 1.29 is 30.4 Å². The Balaban J connectivity index is 1.76. The standard InChI is InChI=1S/C17H18F2N2O5S2/c1-26-14-3-5-15(6-4-14)27(22,23)20-8-10-21(11-9-20)28(24,25)17-7-2-13(18)12-16(17)19/h2-7,12H,8-11H2,1H3. The third-order valence-electron chi connectivity index (χ3n) is 4.41. The smallest absolute Gasteiger partial charge is 0.246 e. The molecule has 1 fully saturated rings. The third-order valence-corrected chi connectivity index (χ3v) is 8.25. The third kappa shape index (κ3) is 3.88. The fourth-order valence-corrected chi connectivity index (χ4v) is 5.76. The lowest BCUT2D eigenvalue weighted by atomic mass is 10.3. The first-order valence-electron chi connectivity index (χ1n) is 8.25. The van der Waals surface area contributed by atoms with Gasteiger partial charge < -0.3 is 4.74 Å². The van der Waals surface area contributed by atoms with E-state index in [4.69, 9.17) is 4.74 Å². The SMILES string of the molecule is COc1ccc(S(=O)(=O)N2CCN(S(=O)(=O)c3ccc(F)cc3F)CC2)cc1. The van der Waals surface area contributed by atoms with Crippen LogP contribution in [0.4, 0.5) is 8.78 Å². The molecule has 11 heteroatoms. The Labute approximate surface area is 162 Å². The Kier molecular flexibility index (Phi) is 5.71. The highest BCUT2D eigenvalue weighted by Crippen LogP contribution is 2.24. The van der Waals surface area contributed by atoms with Gasteiger partial charge in [0.15, 0.2) is 0 Å². The molecule has 1 saturated heterocycles. The van der Waals surface area contributed by atoms with Crippen molar-refractivity contribution in [3.05, 3.63) is 54.1 Å². The van der Waals surface area contributed by atoms with Gasteiger partial charge in [-0.1, -0.05) is 0 Å². The predicted octanol–water partition coefficient (Wildman–Crippen LogP) is 1.67. The van der Waals surface area contributed by atoms with Crippen molar-refractivity contribution in [1.82, 2.24) is 8.61 Å². The minimum atomic E-state index is -4.20. The summed E-state index contributed by atoms with van der Waals surface area (Å²) in [5.74, 6) is -1.56. The molecule has 28 heavy (non-hydrogen) atoms. The van der Waals surface area contributed by atoms with Gasteiger partial charge in [0.25, 0.3) is 0 Å². The van der Waals surface area contributed by atoms with E-state index < -0.39 is 36.6 Å². The molecule has 0 aromatic heterocycles. The minimum Gasteiger partial charge on any atom is -0.497 e. The van der Waals surface area contributed by atoms with Crippen molar-refractivity contribution in [3.63, 3.8) is 0 Å². The number of nitrogens with zero attached hydrogens (tertiary/aromatic N) is 2. The van der Waals surface area contributed by atoms with Gasteiger partial charge in [-0.05, 0) is 36.4 Å². The first-order valence-corrected chi connectivity index (χ1v) is 11.1. The average Bonchev–Trinajstić information content (AvgIpc) is 2.68. The Morgan fingerprint density at radius 3 is 1.86 bits per heavy atom. The largest absolute Gasteiger partial charge is 0.497 e. The van der Waals surface area contributed by atoms with Crippen LogP contribution in [0.15, 0.2) is 52.3 Å². The van der Waals surface area contributed by atoms with Crippen LogP contribution in [0.3, 0.4) is 0 Å². The molecular weight excluding hydrogens is 414 g/mol. The molecule has 1 heterocycles. The molecule has 0 radical (unpaired) electrons. The van der Waals surface area contributed by atoms with Crippen LogP contribution in [-0.2, 0) is 20.0 Å². The number of ether oxygens (including phenoxy) is 1. The van der Waals surface area contributed by atoms with E-state index in [0.29, 0.717) is 11.8 Å². The number of hydrogen-bond acceptors (Lipinski definition) is 5. The van der Waals surface area contributed by atoms with Gasteiger partial charge in [0.1, 0.15) is 22.3 Å². The molecule has 0 saturated carbocycles.